The molecule has 1 aromatic rings. The molecule has 0 saturated carbocycles. The van der Waals surface area contributed by atoms with Gasteiger partial charge in [-0.1, -0.05) is 18.2 Å². The molecule has 4 N–H and O–H groups in total. The van der Waals surface area contributed by atoms with Crippen molar-refractivity contribution in [3.8, 4) is 0 Å². The molecule has 0 atom stereocenters. The summed E-state index contributed by atoms with van der Waals surface area (Å²) in [6, 6.07) is 4.55. The second kappa shape index (κ2) is 4.74. The van der Waals surface area contributed by atoms with Crippen molar-refractivity contribution in [3.63, 3.8) is 0 Å². The van der Waals surface area contributed by atoms with Gasteiger partial charge in [0.2, 0.25) is 0 Å². The van der Waals surface area contributed by atoms with Crippen LogP contribution in [-0.2, 0) is 6.54 Å². The molecule has 0 spiro atoms. The quantitative estimate of drug-likeness (QED) is 0.735. The topological polar surface area (TPSA) is 52.0 Å². The van der Waals surface area contributed by atoms with E-state index in [0.29, 0.717) is 13.1 Å². The van der Waals surface area contributed by atoms with Crippen molar-refractivity contribution in [2.75, 3.05) is 6.54 Å². The third kappa shape index (κ3) is 2.65. The predicted molar refractivity (Wildman–Crippen MR) is 52.4 cm³/mol. The van der Waals surface area contributed by atoms with Crippen LogP contribution in [0, 0.1) is 5.82 Å². The Kier molecular flexibility index (Phi) is 3.61. The molecular formula is C10H13FN2. The lowest BCUT2D eigenvalue weighted by Gasteiger charge is -2.02. The van der Waals surface area contributed by atoms with Gasteiger partial charge in [0, 0.05) is 13.1 Å². The fourth-order valence-corrected chi connectivity index (χ4v) is 1.11. The summed E-state index contributed by atoms with van der Waals surface area (Å²) >= 11 is 0. The van der Waals surface area contributed by atoms with Crippen LogP contribution in [0.4, 0.5) is 4.39 Å². The summed E-state index contributed by atoms with van der Waals surface area (Å²) in [6.45, 7) is 0.809. The molecule has 0 aromatic heterocycles. The molecular weight excluding hydrogens is 167 g/mol. The van der Waals surface area contributed by atoms with Crippen LogP contribution in [-0.4, -0.2) is 6.54 Å². The van der Waals surface area contributed by atoms with Gasteiger partial charge in [0.1, 0.15) is 5.82 Å². The van der Waals surface area contributed by atoms with Gasteiger partial charge in [-0.3, -0.25) is 0 Å². The van der Waals surface area contributed by atoms with Crippen LogP contribution in [0.5, 0.6) is 0 Å². The van der Waals surface area contributed by atoms with Crippen LogP contribution < -0.4 is 11.5 Å². The minimum Gasteiger partial charge on any atom is -0.327 e. The Labute approximate surface area is 77.0 Å². The minimum absolute atomic E-state index is 0.259. The number of hydrogen-bond acceptors (Lipinski definition) is 2. The largest absolute Gasteiger partial charge is 0.327 e. The molecule has 0 saturated heterocycles. The van der Waals surface area contributed by atoms with Gasteiger partial charge in [-0.2, -0.15) is 0 Å². The Bertz CT molecular complexity index is 308. The van der Waals surface area contributed by atoms with E-state index in [1.165, 1.54) is 12.1 Å². The van der Waals surface area contributed by atoms with Crippen molar-refractivity contribution in [2.45, 2.75) is 6.54 Å². The van der Waals surface area contributed by atoms with E-state index in [9.17, 15) is 4.39 Å². The molecule has 3 heteroatoms. The summed E-state index contributed by atoms with van der Waals surface area (Å²) in [5.41, 5.74) is 12.5. The van der Waals surface area contributed by atoms with Crippen LogP contribution in [0.15, 0.2) is 24.3 Å². The highest BCUT2D eigenvalue weighted by Crippen LogP contribution is 2.12. The average Bonchev–Trinajstić information content (AvgIpc) is 2.16. The Balaban J connectivity index is 2.99. The number of halogens is 1. The molecule has 0 heterocycles. The van der Waals surface area contributed by atoms with Crippen molar-refractivity contribution in [1.29, 1.82) is 0 Å². The molecule has 0 aliphatic carbocycles. The average molecular weight is 180 g/mol. The normalized spacial score (nSPS) is 11.0. The molecule has 1 aromatic carbocycles. The fraction of sp³-hybridized carbons (Fsp3) is 0.200. The fourth-order valence-electron chi connectivity index (χ4n) is 1.11. The van der Waals surface area contributed by atoms with Gasteiger partial charge in [0.25, 0.3) is 0 Å². The summed E-state index contributed by atoms with van der Waals surface area (Å²) in [7, 11) is 0. The summed E-state index contributed by atoms with van der Waals surface area (Å²) in [4.78, 5) is 0. The van der Waals surface area contributed by atoms with Gasteiger partial charge < -0.3 is 11.5 Å². The SMILES string of the molecule is NCC=Cc1ccc(F)cc1CN. The van der Waals surface area contributed by atoms with E-state index in [-0.39, 0.29) is 5.82 Å². The van der Waals surface area contributed by atoms with Crippen molar-refractivity contribution >= 4 is 6.08 Å². The van der Waals surface area contributed by atoms with E-state index < -0.39 is 0 Å². The molecule has 0 amide bonds. The number of benzene rings is 1. The molecule has 1 rings (SSSR count). The Morgan fingerprint density at radius 2 is 2.08 bits per heavy atom. The van der Waals surface area contributed by atoms with Crippen molar-refractivity contribution in [2.24, 2.45) is 11.5 Å². The minimum atomic E-state index is -0.259. The second-order valence-electron chi connectivity index (χ2n) is 2.69. The van der Waals surface area contributed by atoms with E-state index in [2.05, 4.69) is 0 Å². The van der Waals surface area contributed by atoms with E-state index in [1.54, 1.807) is 6.07 Å². The highest BCUT2D eigenvalue weighted by Gasteiger charge is 1.98. The van der Waals surface area contributed by atoms with E-state index in [0.717, 1.165) is 11.1 Å². The Morgan fingerprint density at radius 3 is 2.69 bits per heavy atom. The summed E-state index contributed by atoms with van der Waals surface area (Å²) in [5.74, 6) is -0.259. The smallest absolute Gasteiger partial charge is 0.123 e. The molecule has 0 bridgehead atoms. The third-order valence-corrected chi connectivity index (χ3v) is 1.76. The first-order valence-corrected chi connectivity index (χ1v) is 4.13. The lowest BCUT2D eigenvalue weighted by atomic mass is 10.1. The first kappa shape index (κ1) is 9.89. The number of hydrogen-bond donors (Lipinski definition) is 2. The van der Waals surface area contributed by atoms with Crippen molar-refractivity contribution in [3.05, 3.63) is 41.2 Å². The van der Waals surface area contributed by atoms with Crippen LogP contribution in [0.1, 0.15) is 11.1 Å². The van der Waals surface area contributed by atoms with Crippen molar-refractivity contribution < 1.29 is 4.39 Å². The standard InChI is InChI=1S/C10H13FN2/c11-10-4-3-8(2-1-5-12)9(6-10)7-13/h1-4,6H,5,7,12-13H2. The van der Waals surface area contributed by atoms with Gasteiger partial charge in [-0.05, 0) is 23.3 Å². The number of nitrogens with two attached hydrogens (primary N) is 2. The molecule has 13 heavy (non-hydrogen) atoms. The third-order valence-electron chi connectivity index (χ3n) is 1.76. The first-order valence-electron chi connectivity index (χ1n) is 4.13. The van der Waals surface area contributed by atoms with E-state index >= 15 is 0 Å². The highest BCUT2D eigenvalue weighted by molar-refractivity contribution is 5.53. The van der Waals surface area contributed by atoms with Gasteiger partial charge in [0.05, 0.1) is 0 Å². The maximum Gasteiger partial charge on any atom is 0.123 e. The van der Waals surface area contributed by atoms with Gasteiger partial charge >= 0.3 is 0 Å². The van der Waals surface area contributed by atoms with E-state index in [1.807, 2.05) is 12.2 Å². The molecule has 0 radical (unpaired) electrons. The monoisotopic (exact) mass is 180 g/mol. The lowest BCUT2D eigenvalue weighted by molar-refractivity contribution is 0.625. The Hall–Kier alpha value is -1.19. The summed E-state index contributed by atoms with van der Waals surface area (Å²) in [5, 5.41) is 0. The van der Waals surface area contributed by atoms with Crippen LogP contribution in [0.25, 0.3) is 6.08 Å². The first-order chi connectivity index (χ1) is 6.27. The second-order valence-corrected chi connectivity index (χ2v) is 2.69. The predicted octanol–water partition coefficient (Wildman–Crippen LogP) is 1.26. The zero-order valence-electron chi connectivity index (χ0n) is 7.33. The molecule has 0 aliphatic heterocycles. The van der Waals surface area contributed by atoms with Gasteiger partial charge in [-0.25, -0.2) is 4.39 Å². The van der Waals surface area contributed by atoms with Crippen LogP contribution in [0.2, 0.25) is 0 Å². The molecule has 70 valence electrons. The molecule has 2 nitrogen and oxygen atoms in total. The maximum absolute atomic E-state index is 12.8. The molecule has 0 aliphatic rings. The van der Waals surface area contributed by atoms with Gasteiger partial charge in [-0.15, -0.1) is 0 Å². The van der Waals surface area contributed by atoms with E-state index in [4.69, 9.17) is 11.5 Å². The Morgan fingerprint density at radius 1 is 1.31 bits per heavy atom. The van der Waals surface area contributed by atoms with Crippen LogP contribution in [0.3, 0.4) is 0 Å². The van der Waals surface area contributed by atoms with Gasteiger partial charge in [0.15, 0.2) is 0 Å². The highest BCUT2D eigenvalue weighted by atomic mass is 19.1. The van der Waals surface area contributed by atoms with Crippen LogP contribution >= 0.6 is 0 Å². The molecule has 0 fully saturated rings. The van der Waals surface area contributed by atoms with Crippen molar-refractivity contribution in [1.82, 2.24) is 0 Å². The summed E-state index contributed by atoms with van der Waals surface area (Å²) < 4.78 is 12.8. The summed E-state index contributed by atoms with van der Waals surface area (Å²) in [6.07, 6.45) is 3.66. The zero-order chi connectivity index (χ0) is 9.68. The lowest BCUT2D eigenvalue weighted by Crippen LogP contribution is -2.00. The molecule has 0 unspecified atom stereocenters. The number of rotatable bonds is 3. The maximum atomic E-state index is 12.8. The zero-order valence-corrected chi connectivity index (χ0v) is 7.33.